The van der Waals surface area contributed by atoms with Crippen molar-refractivity contribution in [3.8, 4) is 0 Å². The van der Waals surface area contributed by atoms with E-state index in [-0.39, 0.29) is 12.0 Å². The topological polar surface area (TPSA) is 24.1 Å². The molecule has 0 saturated heterocycles. The van der Waals surface area contributed by atoms with E-state index in [0.29, 0.717) is 17.9 Å². The van der Waals surface area contributed by atoms with Crippen molar-refractivity contribution in [2.45, 2.75) is 56.3 Å². The number of nitrogens with one attached hydrogen (secondary N) is 2. The Hall–Kier alpha value is -2.01. The zero-order valence-electron chi connectivity index (χ0n) is 16.4. The highest BCUT2D eigenvalue weighted by atomic mass is 19.4. The van der Waals surface area contributed by atoms with E-state index >= 15 is 0 Å². The summed E-state index contributed by atoms with van der Waals surface area (Å²) < 4.78 is 40.2. The summed E-state index contributed by atoms with van der Waals surface area (Å²) >= 11 is 0. The second-order valence-electron chi connectivity index (χ2n) is 8.96. The Labute approximate surface area is 169 Å². The highest BCUT2D eigenvalue weighted by molar-refractivity contribution is 5.59. The number of benzene rings is 2. The molecule has 2 aliphatic carbocycles. The van der Waals surface area contributed by atoms with Gasteiger partial charge >= 0.3 is 6.18 Å². The molecule has 5 rings (SSSR count). The lowest BCUT2D eigenvalue weighted by Gasteiger charge is -2.46. The number of hydrogen-bond acceptors (Lipinski definition) is 2. The smallest absolute Gasteiger partial charge is 0.378 e. The second kappa shape index (κ2) is 7.35. The summed E-state index contributed by atoms with van der Waals surface area (Å²) in [5.41, 5.74) is 2.41. The lowest BCUT2D eigenvalue weighted by molar-refractivity contribution is -0.137. The van der Waals surface area contributed by atoms with Crippen LogP contribution in [0.4, 0.5) is 18.9 Å². The Kier molecular flexibility index (Phi) is 4.81. The normalized spacial score (nSPS) is 28.9. The summed E-state index contributed by atoms with van der Waals surface area (Å²) in [7, 11) is 0. The molecular weight excluding hydrogens is 373 g/mol. The van der Waals surface area contributed by atoms with Gasteiger partial charge in [0.05, 0.1) is 11.6 Å². The first-order chi connectivity index (χ1) is 14.0. The first-order valence-corrected chi connectivity index (χ1v) is 10.7. The Balaban J connectivity index is 1.48. The predicted molar refractivity (Wildman–Crippen MR) is 109 cm³/mol. The molecule has 0 radical (unpaired) electrons. The van der Waals surface area contributed by atoms with Gasteiger partial charge in [-0.25, -0.2) is 0 Å². The largest absolute Gasteiger partial charge is 0.416 e. The molecule has 5 heteroatoms. The molecule has 2 aromatic rings. The summed E-state index contributed by atoms with van der Waals surface area (Å²) in [6.07, 6.45) is 1.36. The third-order valence-corrected chi connectivity index (χ3v) is 6.96. The predicted octanol–water partition coefficient (Wildman–Crippen LogP) is 6.12. The number of hydrogen-bond donors (Lipinski definition) is 2. The van der Waals surface area contributed by atoms with E-state index < -0.39 is 11.7 Å². The van der Waals surface area contributed by atoms with Gasteiger partial charge in [-0.05, 0) is 85.7 Å². The lowest BCUT2D eigenvalue weighted by Crippen LogP contribution is -2.38. The third-order valence-electron chi connectivity index (χ3n) is 6.96. The molecule has 2 N–H and O–H groups in total. The number of fused-ring (bicyclic) bond motifs is 3. The Bertz CT molecular complexity index is 860. The summed E-state index contributed by atoms with van der Waals surface area (Å²) in [6.45, 7) is 0.992. The van der Waals surface area contributed by atoms with Crippen molar-refractivity contribution in [3.05, 3.63) is 65.2 Å². The first kappa shape index (κ1) is 19.0. The standard InChI is InChI=1S/C24H27F3N2/c25-24(26,27)17-7-11-22-21(13-17)20-12-15(14-28-18-8-9-18)6-10-19(20)23(29-22)16-4-2-1-3-5-16/h1-5,7,11,13,15,18-20,23,28-29H,6,8-10,12,14H2/t15-,19+,20-,23-/m0/s1. The molecular formula is C24H27F3N2. The fraction of sp³-hybridized carbons (Fsp3) is 0.500. The molecule has 29 heavy (non-hydrogen) atoms. The average Bonchev–Trinajstić information content (AvgIpc) is 3.55. The fourth-order valence-corrected chi connectivity index (χ4v) is 5.29. The van der Waals surface area contributed by atoms with E-state index in [0.717, 1.165) is 37.1 Å². The van der Waals surface area contributed by atoms with Crippen molar-refractivity contribution in [1.82, 2.24) is 5.32 Å². The summed E-state index contributed by atoms with van der Waals surface area (Å²) in [5, 5.41) is 7.21. The van der Waals surface area contributed by atoms with Gasteiger partial charge in [0.25, 0.3) is 0 Å². The molecule has 0 unspecified atom stereocenters. The zero-order chi connectivity index (χ0) is 20.0. The van der Waals surface area contributed by atoms with Crippen LogP contribution in [0.25, 0.3) is 0 Å². The van der Waals surface area contributed by atoms with Crippen molar-refractivity contribution < 1.29 is 13.2 Å². The summed E-state index contributed by atoms with van der Waals surface area (Å²) in [6, 6.07) is 15.4. The molecule has 0 bridgehead atoms. The minimum atomic E-state index is -4.30. The molecule has 154 valence electrons. The molecule has 1 heterocycles. The maximum atomic E-state index is 13.4. The maximum absolute atomic E-state index is 13.4. The van der Waals surface area contributed by atoms with Crippen molar-refractivity contribution in [3.63, 3.8) is 0 Å². The van der Waals surface area contributed by atoms with Crippen LogP contribution in [0.5, 0.6) is 0 Å². The van der Waals surface area contributed by atoms with Gasteiger partial charge in [0.15, 0.2) is 0 Å². The zero-order valence-corrected chi connectivity index (χ0v) is 16.4. The van der Waals surface area contributed by atoms with Crippen LogP contribution in [0.15, 0.2) is 48.5 Å². The van der Waals surface area contributed by atoms with E-state index in [4.69, 9.17) is 0 Å². The summed E-state index contributed by atoms with van der Waals surface area (Å²) in [4.78, 5) is 0. The molecule has 2 saturated carbocycles. The SMILES string of the molecule is FC(F)(F)c1ccc2c(c1)[C@H]1C[C@@H](CNC3CC3)CC[C@H]1[C@H](c1ccccc1)N2. The first-order valence-electron chi connectivity index (χ1n) is 10.7. The minimum absolute atomic E-state index is 0.155. The lowest BCUT2D eigenvalue weighted by atomic mass is 9.65. The molecule has 2 nitrogen and oxygen atoms in total. The maximum Gasteiger partial charge on any atom is 0.416 e. The van der Waals surface area contributed by atoms with Crippen molar-refractivity contribution >= 4 is 5.69 Å². The van der Waals surface area contributed by atoms with E-state index in [1.807, 2.05) is 18.2 Å². The van der Waals surface area contributed by atoms with Gasteiger partial charge in [-0.3, -0.25) is 0 Å². The molecule has 0 aromatic heterocycles. The monoisotopic (exact) mass is 400 g/mol. The number of alkyl halides is 3. The average molecular weight is 400 g/mol. The van der Waals surface area contributed by atoms with Crippen LogP contribution in [-0.2, 0) is 6.18 Å². The van der Waals surface area contributed by atoms with Crippen LogP contribution >= 0.6 is 0 Å². The Morgan fingerprint density at radius 1 is 0.966 bits per heavy atom. The molecule has 4 atom stereocenters. The van der Waals surface area contributed by atoms with Crippen molar-refractivity contribution in [1.29, 1.82) is 0 Å². The number of rotatable bonds is 4. The van der Waals surface area contributed by atoms with Crippen LogP contribution in [0.3, 0.4) is 0 Å². The molecule has 2 fully saturated rings. The third kappa shape index (κ3) is 3.89. The molecule has 0 spiro atoms. The quantitative estimate of drug-likeness (QED) is 0.646. The van der Waals surface area contributed by atoms with Gasteiger partial charge in [-0.15, -0.1) is 0 Å². The van der Waals surface area contributed by atoms with Crippen LogP contribution in [0.2, 0.25) is 0 Å². The van der Waals surface area contributed by atoms with E-state index in [1.54, 1.807) is 6.07 Å². The minimum Gasteiger partial charge on any atom is -0.378 e. The molecule has 2 aromatic carbocycles. The van der Waals surface area contributed by atoms with Crippen molar-refractivity contribution in [2.24, 2.45) is 11.8 Å². The molecule has 3 aliphatic rings. The van der Waals surface area contributed by atoms with Gasteiger partial charge in [0.2, 0.25) is 0 Å². The van der Waals surface area contributed by atoms with E-state index in [9.17, 15) is 13.2 Å². The molecule has 0 amide bonds. The second-order valence-corrected chi connectivity index (χ2v) is 8.96. The van der Waals surface area contributed by atoms with Crippen LogP contribution in [0, 0.1) is 11.8 Å². The van der Waals surface area contributed by atoms with Crippen molar-refractivity contribution in [2.75, 3.05) is 11.9 Å². The van der Waals surface area contributed by atoms with Gasteiger partial charge in [-0.1, -0.05) is 30.3 Å². The van der Waals surface area contributed by atoms with Gasteiger partial charge < -0.3 is 10.6 Å². The van der Waals surface area contributed by atoms with Crippen LogP contribution in [-0.4, -0.2) is 12.6 Å². The highest BCUT2D eigenvalue weighted by Crippen LogP contribution is 2.53. The summed E-state index contributed by atoms with van der Waals surface area (Å²) in [5.74, 6) is 1.03. The van der Waals surface area contributed by atoms with E-state index in [2.05, 4.69) is 22.8 Å². The van der Waals surface area contributed by atoms with Gasteiger partial charge in [-0.2, -0.15) is 13.2 Å². The number of anilines is 1. The van der Waals surface area contributed by atoms with Gasteiger partial charge in [0, 0.05) is 11.7 Å². The Morgan fingerprint density at radius 2 is 1.76 bits per heavy atom. The Morgan fingerprint density at radius 3 is 2.48 bits per heavy atom. The fourth-order valence-electron chi connectivity index (χ4n) is 5.29. The van der Waals surface area contributed by atoms with Gasteiger partial charge in [0.1, 0.15) is 0 Å². The highest BCUT2D eigenvalue weighted by Gasteiger charge is 2.42. The van der Waals surface area contributed by atoms with Crippen LogP contribution in [0.1, 0.15) is 60.8 Å². The van der Waals surface area contributed by atoms with Crippen LogP contribution < -0.4 is 10.6 Å². The van der Waals surface area contributed by atoms with E-state index in [1.165, 1.54) is 30.5 Å². The molecule has 1 aliphatic heterocycles. The number of halogens is 3.